The first-order valence-corrected chi connectivity index (χ1v) is 6.00. The van der Waals surface area contributed by atoms with Gasteiger partial charge in [-0.05, 0) is 19.4 Å². The van der Waals surface area contributed by atoms with E-state index in [2.05, 4.69) is 44.5 Å². The van der Waals surface area contributed by atoms with Crippen LogP contribution in [0.3, 0.4) is 0 Å². The molecule has 0 radical (unpaired) electrons. The molecule has 0 aliphatic carbocycles. The minimum Gasteiger partial charge on any atom is -0.329 e. The Morgan fingerprint density at radius 1 is 1.33 bits per heavy atom. The Morgan fingerprint density at radius 2 is 1.93 bits per heavy atom. The lowest BCUT2D eigenvalue weighted by molar-refractivity contribution is 0.0322. The standard InChI is InChI=1S/C12H27N3/c1-10-9-15(7-6-14(10)5)11(8-13)12(2,3)4/h10-11H,6-9,13H2,1-5H3. The Hall–Kier alpha value is -0.120. The van der Waals surface area contributed by atoms with E-state index in [1.165, 1.54) is 0 Å². The first-order valence-electron chi connectivity index (χ1n) is 6.00. The lowest BCUT2D eigenvalue weighted by atomic mass is 9.85. The topological polar surface area (TPSA) is 32.5 Å². The molecule has 0 amide bonds. The Bertz CT molecular complexity index is 198. The van der Waals surface area contributed by atoms with E-state index in [9.17, 15) is 0 Å². The molecule has 1 heterocycles. The Kier molecular flexibility index (Phi) is 4.15. The van der Waals surface area contributed by atoms with E-state index in [-0.39, 0.29) is 5.41 Å². The van der Waals surface area contributed by atoms with E-state index >= 15 is 0 Å². The predicted molar refractivity (Wildman–Crippen MR) is 66.0 cm³/mol. The molecule has 2 atom stereocenters. The Balaban J connectivity index is 2.63. The molecule has 1 fully saturated rings. The number of nitrogens with zero attached hydrogens (tertiary/aromatic N) is 2. The fourth-order valence-electron chi connectivity index (χ4n) is 2.41. The summed E-state index contributed by atoms with van der Waals surface area (Å²) in [6, 6.07) is 1.16. The van der Waals surface area contributed by atoms with Crippen LogP contribution in [0.5, 0.6) is 0 Å². The summed E-state index contributed by atoms with van der Waals surface area (Å²) in [6.45, 7) is 13.4. The van der Waals surface area contributed by atoms with Crippen LogP contribution in [-0.2, 0) is 0 Å². The zero-order valence-corrected chi connectivity index (χ0v) is 11.0. The Labute approximate surface area is 94.6 Å². The molecule has 1 aliphatic rings. The van der Waals surface area contributed by atoms with Gasteiger partial charge in [-0.25, -0.2) is 0 Å². The fraction of sp³-hybridized carbons (Fsp3) is 1.00. The highest BCUT2D eigenvalue weighted by molar-refractivity contribution is 4.88. The van der Waals surface area contributed by atoms with Crippen molar-refractivity contribution < 1.29 is 0 Å². The normalized spacial score (nSPS) is 28.0. The third-order valence-electron chi connectivity index (χ3n) is 3.65. The molecule has 2 N–H and O–H groups in total. The molecule has 0 bridgehead atoms. The molecule has 1 rings (SSSR count). The van der Waals surface area contributed by atoms with Gasteiger partial charge in [0.1, 0.15) is 0 Å². The summed E-state index contributed by atoms with van der Waals surface area (Å²) < 4.78 is 0. The third-order valence-corrected chi connectivity index (χ3v) is 3.65. The number of nitrogens with two attached hydrogens (primary N) is 1. The highest BCUT2D eigenvalue weighted by Gasteiger charge is 2.32. The molecular weight excluding hydrogens is 186 g/mol. The van der Waals surface area contributed by atoms with Crippen molar-refractivity contribution in [2.24, 2.45) is 11.1 Å². The monoisotopic (exact) mass is 213 g/mol. The molecule has 2 unspecified atom stereocenters. The van der Waals surface area contributed by atoms with Crippen LogP contribution in [0.25, 0.3) is 0 Å². The summed E-state index contributed by atoms with van der Waals surface area (Å²) in [5.41, 5.74) is 6.20. The number of hydrogen-bond acceptors (Lipinski definition) is 3. The molecule has 0 aromatic heterocycles. The van der Waals surface area contributed by atoms with Gasteiger partial charge in [0.25, 0.3) is 0 Å². The van der Waals surface area contributed by atoms with Crippen LogP contribution in [0.15, 0.2) is 0 Å². The molecule has 0 aromatic carbocycles. The maximum Gasteiger partial charge on any atom is 0.0268 e. The predicted octanol–water partition coefficient (Wildman–Crippen LogP) is 0.996. The van der Waals surface area contributed by atoms with E-state index in [0.717, 1.165) is 26.2 Å². The molecule has 0 spiro atoms. The molecule has 90 valence electrons. The van der Waals surface area contributed by atoms with Crippen molar-refractivity contribution in [3.63, 3.8) is 0 Å². The number of piperazine rings is 1. The lowest BCUT2D eigenvalue weighted by Gasteiger charge is -2.46. The van der Waals surface area contributed by atoms with Crippen molar-refractivity contribution >= 4 is 0 Å². The highest BCUT2D eigenvalue weighted by atomic mass is 15.3. The second kappa shape index (κ2) is 4.81. The van der Waals surface area contributed by atoms with Gasteiger partial charge in [0, 0.05) is 38.3 Å². The van der Waals surface area contributed by atoms with Crippen LogP contribution in [0.1, 0.15) is 27.7 Å². The van der Waals surface area contributed by atoms with Gasteiger partial charge in [-0.1, -0.05) is 20.8 Å². The molecule has 0 aromatic rings. The Morgan fingerprint density at radius 3 is 2.33 bits per heavy atom. The van der Waals surface area contributed by atoms with E-state index < -0.39 is 0 Å². The van der Waals surface area contributed by atoms with E-state index in [1.807, 2.05) is 0 Å². The van der Waals surface area contributed by atoms with Crippen LogP contribution in [-0.4, -0.2) is 55.1 Å². The SMILES string of the molecule is CC1CN(C(CN)C(C)(C)C)CCN1C. The van der Waals surface area contributed by atoms with Crippen molar-refractivity contribution in [3.8, 4) is 0 Å². The maximum absolute atomic E-state index is 5.91. The van der Waals surface area contributed by atoms with Crippen LogP contribution in [0.2, 0.25) is 0 Å². The van der Waals surface area contributed by atoms with Crippen molar-refractivity contribution in [2.45, 2.75) is 39.8 Å². The summed E-state index contributed by atoms with van der Waals surface area (Å²) >= 11 is 0. The number of likely N-dealkylation sites (N-methyl/N-ethyl adjacent to an activating group) is 1. The largest absolute Gasteiger partial charge is 0.329 e. The smallest absolute Gasteiger partial charge is 0.0268 e. The van der Waals surface area contributed by atoms with Crippen LogP contribution in [0, 0.1) is 5.41 Å². The second-order valence-corrected chi connectivity index (χ2v) is 5.94. The van der Waals surface area contributed by atoms with Gasteiger partial charge >= 0.3 is 0 Å². The number of hydrogen-bond donors (Lipinski definition) is 1. The summed E-state index contributed by atoms with van der Waals surface area (Å²) in [5, 5.41) is 0. The molecular formula is C12H27N3. The molecule has 1 aliphatic heterocycles. The van der Waals surface area contributed by atoms with Crippen LogP contribution >= 0.6 is 0 Å². The summed E-state index contributed by atoms with van der Waals surface area (Å²) in [6.07, 6.45) is 0. The lowest BCUT2D eigenvalue weighted by Crippen LogP contribution is -2.58. The van der Waals surface area contributed by atoms with Gasteiger partial charge in [-0.3, -0.25) is 4.90 Å². The van der Waals surface area contributed by atoms with E-state index in [0.29, 0.717) is 12.1 Å². The quantitative estimate of drug-likeness (QED) is 0.742. The number of rotatable bonds is 2. The van der Waals surface area contributed by atoms with E-state index in [1.54, 1.807) is 0 Å². The average molecular weight is 213 g/mol. The minimum atomic E-state index is 0.282. The van der Waals surface area contributed by atoms with Gasteiger partial charge in [-0.15, -0.1) is 0 Å². The zero-order chi connectivity index (χ0) is 11.6. The first kappa shape index (κ1) is 12.9. The molecule has 15 heavy (non-hydrogen) atoms. The van der Waals surface area contributed by atoms with Crippen molar-refractivity contribution in [1.29, 1.82) is 0 Å². The van der Waals surface area contributed by atoms with Crippen molar-refractivity contribution in [2.75, 3.05) is 33.2 Å². The van der Waals surface area contributed by atoms with Crippen molar-refractivity contribution in [3.05, 3.63) is 0 Å². The fourth-order valence-corrected chi connectivity index (χ4v) is 2.41. The van der Waals surface area contributed by atoms with Crippen LogP contribution < -0.4 is 5.73 Å². The average Bonchev–Trinajstić information content (AvgIpc) is 2.10. The van der Waals surface area contributed by atoms with Crippen LogP contribution in [0.4, 0.5) is 0 Å². The molecule has 3 heteroatoms. The molecule has 0 saturated carbocycles. The minimum absolute atomic E-state index is 0.282. The second-order valence-electron chi connectivity index (χ2n) is 5.94. The third kappa shape index (κ3) is 3.16. The molecule has 1 saturated heterocycles. The summed E-state index contributed by atoms with van der Waals surface area (Å²) in [4.78, 5) is 4.98. The van der Waals surface area contributed by atoms with E-state index in [4.69, 9.17) is 5.73 Å². The van der Waals surface area contributed by atoms with Gasteiger partial charge in [0.15, 0.2) is 0 Å². The summed E-state index contributed by atoms with van der Waals surface area (Å²) in [7, 11) is 2.20. The van der Waals surface area contributed by atoms with Crippen molar-refractivity contribution in [1.82, 2.24) is 9.80 Å². The molecule has 3 nitrogen and oxygen atoms in total. The first-order chi connectivity index (χ1) is 6.86. The summed E-state index contributed by atoms with van der Waals surface area (Å²) in [5.74, 6) is 0. The van der Waals surface area contributed by atoms with Gasteiger partial charge in [0.05, 0.1) is 0 Å². The zero-order valence-electron chi connectivity index (χ0n) is 11.0. The van der Waals surface area contributed by atoms with Gasteiger partial charge < -0.3 is 10.6 Å². The van der Waals surface area contributed by atoms with Gasteiger partial charge in [-0.2, -0.15) is 0 Å². The maximum atomic E-state index is 5.91. The highest BCUT2D eigenvalue weighted by Crippen LogP contribution is 2.25. The van der Waals surface area contributed by atoms with Gasteiger partial charge in [0.2, 0.25) is 0 Å².